The number of rotatable bonds is 6. The summed E-state index contributed by atoms with van der Waals surface area (Å²) >= 11 is 0. The predicted octanol–water partition coefficient (Wildman–Crippen LogP) is 4.55. The molecule has 0 aromatic heterocycles. The van der Waals surface area contributed by atoms with Gasteiger partial charge in [-0.1, -0.05) is 19.1 Å². The number of hydrogen-bond acceptors (Lipinski definition) is 1. The predicted molar refractivity (Wildman–Crippen MR) is 75.2 cm³/mol. The van der Waals surface area contributed by atoms with Gasteiger partial charge in [0.2, 0.25) is 0 Å². The van der Waals surface area contributed by atoms with E-state index >= 15 is 0 Å². The highest BCUT2D eigenvalue weighted by Gasteiger charge is 2.30. The van der Waals surface area contributed by atoms with Crippen molar-refractivity contribution in [2.45, 2.75) is 45.3 Å². The van der Waals surface area contributed by atoms with E-state index in [9.17, 15) is 13.2 Å². The summed E-state index contributed by atoms with van der Waals surface area (Å²) in [4.78, 5) is 0. The highest BCUT2D eigenvalue weighted by Crippen LogP contribution is 2.31. The van der Waals surface area contributed by atoms with Crippen LogP contribution in [0.4, 0.5) is 13.2 Å². The number of halogens is 3. The fourth-order valence-electron chi connectivity index (χ4n) is 1.98. The normalized spacial score (nSPS) is 12.7. The summed E-state index contributed by atoms with van der Waals surface area (Å²) in [6, 6.07) is 5.45. The van der Waals surface area contributed by atoms with Crippen LogP contribution >= 0.6 is 0 Å². The maximum atomic E-state index is 12.7. The Bertz CT molecular complexity index is 469. The maximum absolute atomic E-state index is 12.7. The molecule has 0 bridgehead atoms. The van der Waals surface area contributed by atoms with E-state index in [-0.39, 0.29) is 6.04 Å². The van der Waals surface area contributed by atoms with Gasteiger partial charge in [-0.25, -0.2) is 0 Å². The van der Waals surface area contributed by atoms with Crippen LogP contribution in [0.25, 0.3) is 0 Å². The fraction of sp³-hybridized carbons (Fsp3) is 0.500. The standard InChI is InChI=1S/C16H20F3N/c1-3-5-6-10-15(20-11-4-2)13-8-7-9-14(12-13)16(17,18)19/h7-9,12,15,20H,4,6,10-11H2,1-2H3. The minimum atomic E-state index is -4.30. The summed E-state index contributed by atoms with van der Waals surface area (Å²) in [6.45, 7) is 4.57. The van der Waals surface area contributed by atoms with Crippen molar-refractivity contribution in [3.05, 3.63) is 35.4 Å². The van der Waals surface area contributed by atoms with E-state index in [4.69, 9.17) is 0 Å². The van der Waals surface area contributed by atoms with Gasteiger partial charge in [0.15, 0.2) is 0 Å². The lowest BCUT2D eigenvalue weighted by Crippen LogP contribution is -2.22. The van der Waals surface area contributed by atoms with Crippen molar-refractivity contribution in [1.82, 2.24) is 5.32 Å². The first-order chi connectivity index (χ1) is 9.49. The van der Waals surface area contributed by atoms with Crippen molar-refractivity contribution in [3.63, 3.8) is 0 Å². The van der Waals surface area contributed by atoms with Gasteiger partial charge in [-0.15, -0.1) is 11.8 Å². The molecule has 4 heteroatoms. The Morgan fingerprint density at radius 3 is 2.65 bits per heavy atom. The molecule has 0 radical (unpaired) electrons. The molecule has 1 nitrogen and oxygen atoms in total. The second-order valence-electron chi connectivity index (χ2n) is 4.60. The lowest BCUT2D eigenvalue weighted by Gasteiger charge is -2.19. The van der Waals surface area contributed by atoms with E-state index < -0.39 is 11.7 Å². The minimum Gasteiger partial charge on any atom is -0.310 e. The molecule has 1 N–H and O–H groups in total. The van der Waals surface area contributed by atoms with Crippen LogP contribution in [0.3, 0.4) is 0 Å². The van der Waals surface area contributed by atoms with Gasteiger partial charge in [0.25, 0.3) is 0 Å². The smallest absolute Gasteiger partial charge is 0.310 e. The summed E-state index contributed by atoms with van der Waals surface area (Å²) in [7, 11) is 0. The third-order valence-electron chi connectivity index (χ3n) is 2.99. The minimum absolute atomic E-state index is 0.0851. The second-order valence-corrected chi connectivity index (χ2v) is 4.60. The van der Waals surface area contributed by atoms with Gasteiger partial charge in [-0.05, 0) is 44.0 Å². The van der Waals surface area contributed by atoms with E-state index in [0.717, 1.165) is 19.0 Å². The van der Waals surface area contributed by atoms with Crippen LogP contribution in [0.1, 0.15) is 50.3 Å². The molecule has 0 aliphatic heterocycles. The first-order valence-electron chi connectivity index (χ1n) is 6.79. The maximum Gasteiger partial charge on any atom is 0.416 e. The molecule has 20 heavy (non-hydrogen) atoms. The fourth-order valence-corrected chi connectivity index (χ4v) is 1.98. The zero-order valence-corrected chi connectivity index (χ0v) is 11.8. The Morgan fingerprint density at radius 1 is 1.30 bits per heavy atom. The van der Waals surface area contributed by atoms with Gasteiger partial charge in [0, 0.05) is 12.5 Å². The van der Waals surface area contributed by atoms with Crippen molar-refractivity contribution in [1.29, 1.82) is 0 Å². The average molecular weight is 283 g/mol. The van der Waals surface area contributed by atoms with Gasteiger partial charge in [0.05, 0.1) is 5.56 Å². The molecule has 0 aliphatic rings. The Hall–Kier alpha value is -1.47. The number of hydrogen-bond donors (Lipinski definition) is 1. The van der Waals surface area contributed by atoms with Crippen LogP contribution < -0.4 is 5.32 Å². The summed E-state index contributed by atoms with van der Waals surface area (Å²) in [5.41, 5.74) is 0.0750. The number of alkyl halides is 3. The third-order valence-corrected chi connectivity index (χ3v) is 2.99. The average Bonchev–Trinajstić information content (AvgIpc) is 2.42. The van der Waals surface area contributed by atoms with E-state index in [0.29, 0.717) is 18.4 Å². The Morgan fingerprint density at radius 2 is 2.05 bits per heavy atom. The lowest BCUT2D eigenvalue weighted by molar-refractivity contribution is -0.137. The monoisotopic (exact) mass is 283 g/mol. The Balaban J connectivity index is 2.90. The Kier molecular flexibility index (Phi) is 6.60. The number of nitrogens with one attached hydrogen (secondary N) is 1. The summed E-state index contributed by atoms with van der Waals surface area (Å²) < 4.78 is 38.2. The quantitative estimate of drug-likeness (QED) is 0.755. The molecule has 110 valence electrons. The van der Waals surface area contributed by atoms with Gasteiger partial charge < -0.3 is 5.32 Å². The molecule has 0 amide bonds. The van der Waals surface area contributed by atoms with Gasteiger partial charge in [0.1, 0.15) is 0 Å². The first kappa shape index (κ1) is 16.6. The van der Waals surface area contributed by atoms with Crippen LogP contribution in [0.2, 0.25) is 0 Å². The van der Waals surface area contributed by atoms with Crippen LogP contribution in [0, 0.1) is 11.8 Å². The molecule has 0 aliphatic carbocycles. The van der Waals surface area contributed by atoms with Crippen molar-refractivity contribution in [2.75, 3.05) is 6.54 Å². The topological polar surface area (TPSA) is 12.0 Å². The summed E-state index contributed by atoms with van der Waals surface area (Å²) in [6.07, 6.45) is -1.97. The molecule has 1 aromatic rings. The summed E-state index contributed by atoms with van der Waals surface area (Å²) in [5, 5.41) is 3.29. The SMILES string of the molecule is CC#CCCC(NCCC)c1cccc(C(F)(F)F)c1. The van der Waals surface area contributed by atoms with Crippen molar-refractivity contribution < 1.29 is 13.2 Å². The zero-order chi connectivity index (χ0) is 15.0. The van der Waals surface area contributed by atoms with Crippen LogP contribution in [0.15, 0.2) is 24.3 Å². The molecule has 1 unspecified atom stereocenters. The molecule has 0 saturated carbocycles. The Labute approximate surface area is 118 Å². The molecule has 0 saturated heterocycles. The third kappa shape index (κ3) is 5.26. The number of benzene rings is 1. The highest BCUT2D eigenvalue weighted by molar-refractivity contribution is 5.28. The van der Waals surface area contributed by atoms with Crippen LogP contribution in [-0.2, 0) is 6.18 Å². The van der Waals surface area contributed by atoms with E-state index in [1.54, 1.807) is 13.0 Å². The molecule has 0 fully saturated rings. The van der Waals surface area contributed by atoms with Crippen molar-refractivity contribution >= 4 is 0 Å². The molecular formula is C16H20F3N. The van der Waals surface area contributed by atoms with E-state index in [1.165, 1.54) is 12.1 Å². The van der Waals surface area contributed by atoms with Crippen LogP contribution in [0.5, 0.6) is 0 Å². The second kappa shape index (κ2) is 7.96. The van der Waals surface area contributed by atoms with Crippen LogP contribution in [-0.4, -0.2) is 6.54 Å². The van der Waals surface area contributed by atoms with E-state index in [1.807, 2.05) is 6.92 Å². The molecular weight excluding hydrogens is 263 g/mol. The van der Waals surface area contributed by atoms with Gasteiger partial charge in [-0.2, -0.15) is 13.2 Å². The molecule has 0 heterocycles. The molecule has 0 spiro atoms. The highest BCUT2D eigenvalue weighted by atomic mass is 19.4. The zero-order valence-electron chi connectivity index (χ0n) is 11.8. The van der Waals surface area contributed by atoms with Gasteiger partial charge >= 0.3 is 6.18 Å². The van der Waals surface area contributed by atoms with Crippen molar-refractivity contribution in [2.24, 2.45) is 0 Å². The first-order valence-corrected chi connectivity index (χ1v) is 6.79. The van der Waals surface area contributed by atoms with E-state index in [2.05, 4.69) is 17.2 Å². The largest absolute Gasteiger partial charge is 0.416 e. The van der Waals surface area contributed by atoms with Gasteiger partial charge in [-0.3, -0.25) is 0 Å². The lowest BCUT2D eigenvalue weighted by atomic mass is 9.99. The molecule has 1 aromatic carbocycles. The van der Waals surface area contributed by atoms with Crippen molar-refractivity contribution in [3.8, 4) is 11.8 Å². The summed E-state index contributed by atoms with van der Waals surface area (Å²) in [5.74, 6) is 5.77. The molecule has 1 atom stereocenters. The molecule has 1 rings (SSSR count).